The van der Waals surface area contributed by atoms with Crippen LogP contribution in [-0.4, -0.2) is 57.5 Å². The number of methoxy groups -OCH3 is 1. The highest BCUT2D eigenvalue weighted by Gasteiger charge is 2.21. The van der Waals surface area contributed by atoms with E-state index in [1.54, 1.807) is 7.11 Å². The predicted octanol–water partition coefficient (Wildman–Crippen LogP) is -0.318. The van der Waals surface area contributed by atoms with Crippen molar-refractivity contribution in [1.82, 2.24) is 4.90 Å². The average molecular weight is 188 g/mol. The highest BCUT2D eigenvalue weighted by atomic mass is 16.5. The van der Waals surface area contributed by atoms with Crippen LogP contribution in [0.5, 0.6) is 0 Å². The number of ether oxygens (including phenoxy) is 2. The molecule has 0 aromatic heterocycles. The van der Waals surface area contributed by atoms with Crippen molar-refractivity contribution < 1.29 is 9.47 Å². The van der Waals surface area contributed by atoms with Crippen molar-refractivity contribution in [3.8, 4) is 0 Å². The third kappa shape index (κ3) is 4.57. The summed E-state index contributed by atoms with van der Waals surface area (Å²) >= 11 is 0. The second-order valence-corrected chi connectivity index (χ2v) is 3.48. The van der Waals surface area contributed by atoms with Gasteiger partial charge in [0.05, 0.1) is 6.61 Å². The van der Waals surface area contributed by atoms with E-state index in [1.165, 1.54) is 0 Å². The van der Waals surface area contributed by atoms with E-state index in [9.17, 15) is 0 Å². The lowest BCUT2D eigenvalue weighted by Crippen LogP contribution is -2.56. The van der Waals surface area contributed by atoms with Gasteiger partial charge in [0.1, 0.15) is 0 Å². The summed E-state index contributed by atoms with van der Waals surface area (Å²) in [5, 5.41) is 0. The summed E-state index contributed by atoms with van der Waals surface area (Å²) < 4.78 is 10.3. The van der Waals surface area contributed by atoms with E-state index in [0.29, 0.717) is 6.04 Å². The molecule has 0 saturated carbocycles. The molecule has 2 N–H and O–H groups in total. The van der Waals surface area contributed by atoms with Crippen molar-refractivity contribution in [1.29, 1.82) is 0 Å². The number of hydrogen-bond donors (Lipinski definition) is 1. The van der Waals surface area contributed by atoms with Gasteiger partial charge in [-0.1, -0.05) is 0 Å². The monoisotopic (exact) mass is 188 g/mol. The Balaban J connectivity index is 1.74. The number of hydrogen-bond acceptors (Lipinski definition) is 4. The van der Waals surface area contributed by atoms with E-state index in [2.05, 4.69) is 4.90 Å². The molecule has 0 unspecified atom stereocenters. The summed E-state index contributed by atoms with van der Waals surface area (Å²) in [5.74, 6) is 0. The predicted molar refractivity (Wildman–Crippen MR) is 51.7 cm³/mol. The zero-order chi connectivity index (χ0) is 9.52. The number of nitrogens with zero attached hydrogens (tertiary/aromatic N) is 1. The van der Waals surface area contributed by atoms with Gasteiger partial charge in [-0.05, 0) is 6.42 Å². The molecule has 0 aromatic carbocycles. The normalized spacial score (nSPS) is 18.9. The molecule has 0 bridgehead atoms. The van der Waals surface area contributed by atoms with Crippen molar-refractivity contribution in [2.45, 2.75) is 12.5 Å². The lowest BCUT2D eigenvalue weighted by Gasteiger charge is -2.36. The highest BCUT2D eigenvalue weighted by Crippen LogP contribution is 2.03. The number of likely N-dealkylation sites (tertiary alicyclic amines) is 1. The van der Waals surface area contributed by atoms with Gasteiger partial charge >= 0.3 is 0 Å². The maximum Gasteiger partial charge on any atom is 0.0593 e. The van der Waals surface area contributed by atoms with Crippen molar-refractivity contribution in [2.75, 3.05) is 46.6 Å². The van der Waals surface area contributed by atoms with Crippen LogP contribution >= 0.6 is 0 Å². The minimum Gasteiger partial charge on any atom is -0.385 e. The van der Waals surface area contributed by atoms with E-state index in [0.717, 1.165) is 45.9 Å². The summed E-state index contributed by atoms with van der Waals surface area (Å²) in [7, 11) is 1.71. The third-order valence-corrected chi connectivity index (χ3v) is 2.17. The fraction of sp³-hybridized carbons (Fsp3) is 1.00. The van der Waals surface area contributed by atoms with E-state index in [-0.39, 0.29) is 0 Å². The maximum atomic E-state index is 5.64. The molecule has 1 aliphatic rings. The Hall–Kier alpha value is -0.160. The first-order valence-corrected chi connectivity index (χ1v) is 4.87. The highest BCUT2D eigenvalue weighted by molar-refractivity contribution is 4.81. The van der Waals surface area contributed by atoms with Gasteiger partial charge in [0.15, 0.2) is 0 Å². The van der Waals surface area contributed by atoms with Gasteiger partial charge in [0.25, 0.3) is 0 Å². The molecular weight excluding hydrogens is 168 g/mol. The molecule has 0 spiro atoms. The molecule has 4 nitrogen and oxygen atoms in total. The van der Waals surface area contributed by atoms with Crippen LogP contribution in [-0.2, 0) is 9.47 Å². The maximum absolute atomic E-state index is 5.64. The quantitative estimate of drug-likeness (QED) is 0.556. The van der Waals surface area contributed by atoms with Crippen molar-refractivity contribution >= 4 is 0 Å². The molecule has 1 aliphatic heterocycles. The van der Waals surface area contributed by atoms with Crippen LogP contribution in [0.15, 0.2) is 0 Å². The number of rotatable bonds is 7. The lowest BCUT2D eigenvalue weighted by molar-refractivity contribution is 0.0606. The first kappa shape index (κ1) is 10.9. The Morgan fingerprint density at radius 3 is 2.69 bits per heavy atom. The first-order chi connectivity index (χ1) is 6.33. The summed E-state index contributed by atoms with van der Waals surface area (Å²) in [6, 6.07) is 0.397. The molecule has 1 heterocycles. The van der Waals surface area contributed by atoms with E-state index >= 15 is 0 Å². The first-order valence-electron chi connectivity index (χ1n) is 4.87. The second-order valence-electron chi connectivity index (χ2n) is 3.48. The fourth-order valence-corrected chi connectivity index (χ4v) is 1.39. The summed E-state index contributed by atoms with van der Waals surface area (Å²) in [6.45, 7) is 5.47. The molecule has 13 heavy (non-hydrogen) atoms. The molecule has 0 amide bonds. The lowest BCUT2D eigenvalue weighted by atomic mass is 10.1. The zero-order valence-corrected chi connectivity index (χ0v) is 8.37. The van der Waals surface area contributed by atoms with Gasteiger partial charge < -0.3 is 15.2 Å². The SMILES string of the molecule is COCCCOCCN1CC(N)C1. The van der Waals surface area contributed by atoms with Crippen LogP contribution in [0, 0.1) is 0 Å². The Bertz CT molecular complexity index is 127. The van der Waals surface area contributed by atoms with Gasteiger partial charge in [-0.3, -0.25) is 4.90 Å². The van der Waals surface area contributed by atoms with Gasteiger partial charge in [0, 0.05) is 46.0 Å². The largest absolute Gasteiger partial charge is 0.385 e. The molecule has 0 aromatic rings. The van der Waals surface area contributed by atoms with Crippen LogP contribution in [0.1, 0.15) is 6.42 Å². The van der Waals surface area contributed by atoms with Crippen LogP contribution in [0.3, 0.4) is 0 Å². The van der Waals surface area contributed by atoms with Crippen LogP contribution in [0.4, 0.5) is 0 Å². The van der Waals surface area contributed by atoms with E-state index < -0.39 is 0 Å². The molecule has 1 fully saturated rings. The van der Waals surface area contributed by atoms with Gasteiger partial charge in [-0.25, -0.2) is 0 Å². The van der Waals surface area contributed by atoms with Gasteiger partial charge in [0.2, 0.25) is 0 Å². The van der Waals surface area contributed by atoms with Crippen LogP contribution in [0.25, 0.3) is 0 Å². The van der Waals surface area contributed by atoms with Gasteiger partial charge in [-0.2, -0.15) is 0 Å². The third-order valence-electron chi connectivity index (χ3n) is 2.17. The zero-order valence-electron chi connectivity index (χ0n) is 8.37. The molecule has 0 atom stereocenters. The summed E-state index contributed by atoms with van der Waals surface area (Å²) in [4.78, 5) is 2.31. The molecular formula is C9H20N2O2. The van der Waals surface area contributed by atoms with E-state index in [1.807, 2.05) is 0 Å². The number of nitrogens with two attached hydrogens (primary N) is 1. The van der Waals surface area contributed by atoms with Gasteiger partial charge in [-0.15, -0.1) is 0 Å². The Labute approximate surface area is 80.0 Å². The Morgan fingerprint density at radius 2 is 2.08 bits per heavy atom. The minimum absolute atomic E-state index is 0.397. The summed E-state index contributed by atoms with van der Waals surface area (Å²) in [5.41, 5.74) is 5.64. The Morgan fingerprint density at radius 1 is 1.31 bits per heavy atom. The molecule has 0 aliphatic carbocycles. The minimum atomic E-state index is 0.397. The Kier molecular flexibility index (Phi) is 5.31. The summed E-state index contributed by atoms with van der Waals surface area (Å²) in [6.07, 6.45) is 0.982. The average Bonchev–Trinajstić information content (AvgIpc) is 2.07. The standard InChI is InChI=1S/C9H20N2O2/c1-12-4-2-5-13-6-3-11-7-9(10)8-11/h9H,2-8,10H2,1H3. The fourth-order valence-electron chi connectivity index (χ4n) is 1.39. The molecule has 1 rings (SSSR count). The molecule has 78 valence electrons. The van der Waals surface area contributed by atoms with E-state index in [4.69, 9.17) is 15.2 Å². The van der Waals surface area contributed by atoms with Crippen molar-refractivity contribution in [3.05, 3.63) is 0 Å². The van der Waals surface area contributed by atoms with Crippen molar-refractivity contribution in [2.24, 2.45) is 5.73 Å². The second kappa shape index (κ2) is 6.32. The van der Waals surface area contributed by atoms with Crippen molar-refractivity contribution in [3.63, 3.8) is 0 Å². The van der Waals surface area contributed by atoms with Crippen LogP contribution < -0.4 is 5.73 Å². The smallest absolute Gasteiger partial charge is 0.0593 e. The topological polar surface area (TPSA) is 47.7 Å². The molecule has 4 heteroatoms. The molecule has 1 saturated heterocycles. The van der Waals surface area contributed by atoms with Crippen LogP contribution in [0.2, 0.25) is 0 Å². The molecule has 0 radical (unpaired) electrons.